The number of hydrogen-bond donors (Lipinski definition) is 1. The van der Waals surface area contributed by atoms with E-state index in [1.807, 2.05) is 24.3 Å². The predicted molar refractivity (Wildman–Crippen MR) is 94.2 cm³/mol. The molecule has 26 heavy (non-hydrogen) atoms. The summed E-state index contributed by atoms with van der Waals surface area (Å²) in [7, 11) is -3.93. The molecule has 0 bridgehead atoms. The van der Waals surface area contributed by atoms with Gasteiger partial charge in [-0.3, -0.25) is 4.79 Å². The van der Waals surface area contributed by atoms with Crippen LogP contribution < -0.4 is 5.32 Å². The van der Waals surface area contributed by atoms with Crippen molar-refractivity contribution in [2.45, 2.75) is 42.8 Å². The molecule has 7 heteroatoms. The van der Waals surface area contributed by atoms with Crippen LogP contribution in [0.4, 0.5) is 4.39 Å². The molecule has 0 spiro atoms. The molecule has 1 aliphatic carbocycles. The fourth-order valence-corrected chi connectivity index (χ4v) is 4.81. The molecule has 0 saturated heterocycles. The van der Waals surface area contributed by atoms with Gasteiger partial charge in [0.2, 0.25) is 15.9 Å². The minimum absolute atomic E-state index is 0.0116. The first-order chi connectivity index (χ1) is 12.4. The first-order valence-electron chi connectivity index (χ1n) is 8.60. The molecule has 4 rings (SSSR count). The van der Waals surface area contributed by atoms with E-state index in [1.165, 1.54) is 16.4 Å². The zero-order valence-electron chi connectivity index (χ0n) is 14.1. The molecule has 2 aromatic carbocycles. The summed E-state index contributed by atoms with van der Waals surface area (Å²) in [5.41, 5.74) is 1.86. The third-order valence-electron chi connectivity index (χ3n) is 4.85. The Balaban J connectivity index is 1.72. The van der Waals surface area contributed by atoms with Crippen molar-refractivity contribution >= 4 is 15.9 Å². The number of hydrogen-bond acceptors (Lipinski definition) is 3. The zero-order valence-corrected chi connectivity index (χ0v) is 14.9. The van der Waals surface area contributed by atoms with E-state index in [-0.39, 0.29) is 23.4 Å². The van der Waals surface area contributed by atoms with Gasteiger partial charge in [-0.2, -0.15) is 4.31 Å². The van der Waals surface area contributed by atoms with Crippen LogP contribution in [0.2, 0.25) is 0 Å². The van der Waals surface area contributed by atoms with Crippen LogP contribution in [0, 0.1) is 5.82 Å². The van der Waals surface area contributed by atoms with Gasteiger partial charge in [0.05, 0.1) is 4.90 Å². The van der Waals surface area contributed by atoms with Gasteiger partial charge in [0.1, 0.15) is 11.9 Å². The van der Waals surface area contributed by atoms with Crippen LogP contribution in [0.1, 0.15) is 24.0 Å². The van der Waals surface area contributed by atoms with Gasteiger partial charge in [-0.05, 0) is 54.7 Å². The predicted octanol–water partition coefficient (Wildman–Crippen LogP) is 2.22. The van der Waals surface area contributed by atoms with Gasteiger partial charge in [0.25, 0.3) is 0 Å². The van der Waals surface area contributed by atoms with E-state index in [0.29, 0.717) is 6.42 Å². The maximum atomic E-state index is 13.2. The Hall–Kier alpha value is -2.25. The molecule has 1 aliphatic heterocycles. The van der Waals surface area contributed by atoms with E-state index in [4.69, 9.17) is 0 Å². The summed E-state index contributed by atoms with van der Waals surface area (Å²) in [5, 5.41) is 2.91. The highest BCUT2D eigenvalue weighted by Crippen LogP contribution is 2.30. The molecule has 1 fully saturated rings. The Morgan fingerprint density at radius 2 is 1.69 bits per heavy atom. The monoisotopic (exact) mass is 374 g/mol. The summed E-state index contributed by atoms with van der Waals surface area (Å²) in [6.07, 6.45) is 2.19. The summed E-state index contributed by atoms with van der Waals surface area (Å²) in [4.78, 5) is 12.7. The van der Waals surface area contributed by atoms with Gasteiger partial charge in [0, 0.05) is 12.6 Å². The zero-order chi connectivity index (χ0) is 18.3. The molecular formula is C19H19FN2O3S. The standard InChI is InChI=1S/C19H19FN2O3S/c20-15-5-9-17(10-6-15)26(24,25)22-12-14-4-2-1-3-13(14)11-18(22)19(23)21-16-7-8-16/h1-6,9-10,16,18H,7-8,11-12H2,(H,21,23)/t18-/m1/s1. The van der Waals surface area contributed by atoms with Gasteiger partial charge in [-0.25, -0.2) is 12.8 Å². The Kier molecular flexibility index (Phi) is 4.28. The number of benzene rings is 2. The highest BCUT2D eigenvalue weighted by Gasteiger charge is 2.40. The molecule has 0 unspecified atom stereocenters. The molecular weight excluding hydrogens is 355 g/mol. The summed E-state index contributed by atoms with van der Waals surface area (Å²) in [5.74, 6) is -0.774. The van der Waals surface area contributed by atoms with Crippen molar-refractivity contribution in [3.63, 3.8) is 0 Å². The molecule has 1 amide bonds. The lowest BCUT2D eigenvalue weighted by Crippen LogP contribution is -2.52. The fraction of sp³-hybridized carbons (Fsp3) is 0.316. The molecule has 1 N–H and O–H groups in total. The van der Waals surface area contributed by atoms with E-state index >= 15 is 0 Å². The van der Waals surface area contributed by atoms with Crippen LogP contribution in [0.15, 0.2) is 53.4 Å². The molecule has 5 nitrogen and oxygen atoms in total. The molecule has 1 saturated carbocycles. The highest BCUT2D eigenvalue weighted by atomic mass is 32.2. The third kappa shape index (κ3) is 3.24. The van der Waals surface area contributed by atoms with Crippen molar-refractivity contribution in [1.82, 2.24) is 9.62 Å². The van der Waals surface area contributed by atoms with Crippen LogP contribution in [-0.2, 0) is 27.8 Å². The molecule has 1 heterocycles. The molecule has 2 aliphatic rings. The van der Waals surface area contributed by atoms with Crippen molar-refractivity contribution in [3.8, 4) is 0 Å². The smallest absolute Gasteiger partial charge is 0.244 e. The number of fused-ring (bicyclic) bond motifs is 1. The first-order valence-corrected chi connectivity index (χ1v) is 10.0. The average molecular weight is 374 g/mol. The maximum Gasteiger partial charge on any atom is 0.244 e. The van der Waals surface area contributed by atoms with E-state index in [1.54, 1.807) is 0 Å². The Bertz CT molecular complexity index is 940. The highest BCUT2D eigenvalue weighted by molar-refractivity contribution is 7.89. The van der Waals surface area contributed by atoms with Crippen molar-refractivity contribution in [2.24, 2.45) is 0 Å². The van der Waals surface area contributed by atoms with Crippen LogP contribution >= 0.6 is 0 Å². The lowest BCUT2D eigenvalue weighted by Gasteiger charge is -2.35. The normalized spacial score (nSPS) is 20.4. The van der Waals surface area contributed by atoms with E-state index in [0.717, 1.165) is 36.1 Å². The Morgan fingerprint density at radius 3 is 2.35 bits per heavy atom. The van der Waals surface area contributed by atoms with E-state index in [9.17, 15) is 17.6 Å². The Labute approximate surface area is 151 Å². The summed E-state index contributed by atoms with van der Waals surface area (Å²) in [6, 6.07) is 11.6. The quantitative estimate of drug-likeness (QED) is 0.892. The molecule has 136 valence electrons. The number of rotatable bonds is 4. The minimum Gasteiger partial charge on any atom is -0.352 e. The van der Waals surface area contributed by atoms with Crippen molar-refractivity contribution in [2.75, 3.05) is 0 Å². The van der Waals surface area contributed by atoms with E-state index < -0.39 is 21.9 Å². The topological polar surface area (TPSA) is 66.5 Å². The number of halogens is 1. The summed E-state index contributed by atoms with van der Waals surface area (Å²) in [6.45, 7) is 0.124. The number of nitrogens with one attached hydrogen (secondary N) is 1. The van der Waals surface area contributed by atoms with Gasteiger partial charge in [-0.15, -0.1) is 0 Å². The van der Waals surface area contributed by atoms with Gasteiger partial charge in [-0.1, -0.05) is 24.3 Å². The van der Waals surface area contributed by atoms with Crippen molar-refractivity contribution < 1.29 is 17.6 Å². The van der Waals surface area contributed by atoms with Crippen LogP contribution in [0.25, 0.3) is 0 Å². The first kappa shape index (κ1) is 17.2. The van der Waals surface area contributed by atoms with Gasteiger partial charge >= 0.3 is 0 Å². The second-order valence-electron chi connectivity index (χ2n) is 6.78. The second-order valence-corrected chi connectivity index (χ2v) is 8.67. The van der Waals surface area contributed by atoms with Crippen molar-refractivity contribution in [3.05, 3.63) is 65.5 Å². The number of sulfonamides is 1. The van der Waals surface area contributed by atoms with Gasteiger partial charge in [0.15, 0.2) is 0 Å². The lowest BCUT2D eigenvalue weighted by atomic mass is 9.95. The Morgan fingerprint density at radius 1 is 1.04 bits per heavy atom. The SMILES string of the molecule is O=C(NC1CC1)[C@H]1Cc2ccccc2CN1S(=O)(=O)c1ccc(F)cc1. The number of carbonyl (C=O) groups excluding carboxylic acids is 1. The summed E-state index contributed by atoms with van der Waals surface area (Å²) >= 11 is 0. The second kappa shape index (κ2) is 6.48. The molecule has 0 radical (unpaired) electrons. The summed E-state index contributed by atoms with van der Waals surface area (Å²) < 4.78 is 40.7. The molecule has 1 atom stereocenters. The maximum absolute atomic E-state index is 13.2. The van der Waals surface area contributed by atoms with Crippen molar-refractivity contribution in [1.29, 1.82) is 0 Å². The van der Waals surface area contributed by atoms with E-state index in [2.05, 4.69) is 5.32 Å². The number of amides is 1. The number of carbonyl (C=O) groups is 1. The molecule has 2 aromatic rings. The van der Waals surface area contributed by atoms with Gasteiger partial charge < -0.3 is 5.32 Å². The van der Waals surface area contributed by atoms with Crippen LogP contribution in [0.5, 0.6) is 0 Å². The fourth-order valence-electron chi connectivity index (χ4n) is 3.24. The minimum atomic E-state index is -3.93. The molecule has 0 aromatic heterocycles. The number of nitrogens with zero attached hydrogens (tertiary/aromatic N) is 1. The van der Waals surface area contributed by atoms with Crippen LogP contribution in [0.3, 0.4) is 0 Å². The average Bonchev–Trinajstić information content (AvgIpc) is 3.45. The van der Waals surface area contributed by atoms with Crippen LogP contribution in [-0.4, -0.2) is 30.7 Å². The lowest BCUT2D eigenvalue weighted by molar-refractivity contribution is -0.125. The third-order valence-corrected chi connectivity index (χ3v) is 6.72. The largest absolute Gasteiger partial charge is 0.352 e.